The second kappa shape index (κ2) is 5.00. The number of nitrogens with two attached hydrogens (primary N) is 1. The van der Waals surface area contributed by atoms with Crippen LogP contribution in [-0.4, -0.2) is 31.2 Å². The van der Waals surface area contributed by atoms with Crippen LogP contribution >= 0.6 is 0 Å². The molecule has 2 heterocycles. The smallest absolute Gasteiger partial charge is 0.291 e. The van der Waals surface area contributed by atoms with Crippen molar-refractivity contribution in [2.45, 2.75) is 46.2 Å². The quantitative estimate of drug-likeness (QED) is 0.771. The van der Waals surface area contributed by atoms with E-state index in [1.165, 1.54) is 10.6 Å². The van der Waals surface area contributed by atoms with Crippen LogP contribution in [0.3, 0.4) is 0 Å². The zero-order valence-electron chi connectivity index (χ0n) is 13.5. The summed E-state index contributed by atoms with van der Waals surface area (Å²) in [5, 5.41) is 17.2. The van der Waals surface area contributed by atoms with Crippen molar-refractivity contribution in [3.8, 4) is 5.88 Å². The molecule has 1 saturated carbocycles. The van der Waals surface area contributed by atoms with E-state index in [0.29, 0.717) is 12.2 Å². The van der Waals surface area contributed by atoms with E-state index in [4.69, 9.17) is 5.73 Å². The molecule has 0 unspecified atom stereocenters. The molecule has 2 aromatic rings. The van der Waals surface area contributed by atoms with Gasteiger partial charge in [0, 0.05) is 18.7 Å². The number of fused-ring (bicyclic) bond motifs is 1. The SMILES string of the molecule is CC(C)(C)Cn1c(O)c(C(=O)NC2CC2)c(=O)n2nc(N)cc12. The molecule has 0 bridgehead atoms. The van der Waals surface area contributed by atoms with E-state index in [-0.39, 0.29) is 28.7 Å². The molecule has 8 heteroatoms. The normalized spacial score (nSPS) is 15.1. The summed E-state index contributed by atoms with van der Waals surface area (Å²) in [7, 11) is 0. The van der Waals surface area contributed by atoms with Gasteiger partial charge in [0.05, 0.1) is 0 Å². The molecule has 0 spiro atoms. The lowest BCUT2D eigenvalue weighted by molar-refractivity contribution is 0.0944. The minimum absolute atomic E-state index is 0.0794. The van der Waals surface area contributed by atoms with E-state index in [9.17, 15) is 14.7 Å². The van der Waals surface area contributed by atoms with Crippen LogP contribution in [0.1, 0.15) is 44.0 Å². The summed E-state index contributed by atoms with van der Waals surface area (Å²) in [4.78, 5) is 24.9. The number of carbonyl (C=O) groups is 1. The average Bonchev–Trinajstić information content (AvgIpc) is 3.13. The Hall–Kier alpha value is -2.51. The lowest BCUT2D eigenvalue weighted by Crippen LogP contribution is -2.35. The molecule has 0 aliphatic heterocycles. The fourth-order valence-corrected chi connectivity index (χ4v) is 2.49. The predicted octanol–water partition coefficient (Wildman–Crippen LogP) is 0.722. The Balaban J connectivity index is 2.22. The van der Waals surface area contributed by atoms with Crippen molar-refractivity contribution in [3.05, 3.63) is 22.0 Å². The second-order valence-corrected chi connectivity index (χ2v) is 7.24. The first-order valence-corrected chi connectivity index (χ1v) is 7.59. The number of nitrogens with one attached hydrogen (secondary N) is 1. The minimum atomic E-state index is -0.669. The Kier molecular flexibility index (Phi) is 3.35. The van der Waals surface area contributed by atoms with Crippen molar-refractivity contribution in [2.75, 3.05) is 5.73 Å². The van der Waals surface area contributed by atoms with Crippen LogP contribution in [0, 0.1) is 5.41 Å². The van der Waals surface area contributed by atoms with Gasteiger partial charge in [0.1, 0.15) is 11.5 Å². The van der Waals surface area contributed by atoms with Crippen LogP contribution in [0.2, 0.25) is 0 Å². The third-order valence-electron chi connectivity index (χ3n) is 3.64. The number of carbonyl (C=O) groups excluding carboxylic acids is 1. The maximum Gasteiger partial charge on any atom is 0.291 e. The molecule has 1 aliphatic carbocycles. The molecule has 2 aromatic heterocycles. The third kappa shape index (κ3) is 2.88. The monoisotopic (exact) mass is 319 g/mol. The molecule has 124 valence electrons. The Morgan fingerprint density at radius 2 is 2.13 bits per heavy atom. The molecule has 4 N–H and O–H groups in total. The molecular weight excluding hydrogens is 298 g/mol. The Morgan fingerprint density at radius 1 is 1.48 bits per heavy atom. The molecule has 0 radical (unpaired) electrons. The van der Waals surface area contributed by atoms with Crippen molar-refractivity contribution in [2.24, 2.45) is 5.41 Å². The Labute approximate surface area is 132 Å². The number of aromatic hydroxyl groups is 1. The van der Waals surface area contributed by atoms with Crippen molar-refractivity contribution in [1.29, 1.82) is 0 Å². The standard InChI is InChI=1S/C15H21N5O3/c1-15(2,3)7-19-10-6-9(16)18-20(10)14(23)11(13(19)22)12(21)17-8-4-5-8/h6,8,22H,4-5,7H2,1-3H3,(H2,16,18)(H,17,21). The first-order valence-electron chi connectivity index (χ1n) is 7.59. The van der Waals surface area contributed by atoms with Gasteiger partial charge in [0.15, 0.2) is 5.56 Å². The highest BCUT2D eigenvalue weighted by atomic mass is 16.3. The van der Waals surface area contributed by atoms with Crippen LogP contribution in [-0.2, 0) is 6.54 Å². The summed E-state index contributed by atoms with van der Waals surface area (Å²) in [6.45, 7) is 6.37. The highest BCUT2D eigenvalue weighted by Crippen LogP contribution is 2.26. The van der Waals surface area contributed by atoms with Gasteiger partial charge >= 0.3 is 0 Å². The number of anilines is 1. The Morgan fingerprint density at radius 3 is 2.70 bits per heavy atom. The number of hydrogen-bond acceptors (Lipinski definition) is 5. The van der Waals surface area contributed by atoms with Gasteiger partial charge in [-0.2, -0.15) is 4.52 Å². The maximum absolute atomic E-state index is 12.5. The van der Waals surface area contributed by atoms with Crippen LogP contribution in [0.5, 0.6) is 5.88 Å². The topological polar surface area (TPSA) is 115 Å². The van der Waals surface area contributed by atoms with E-state index >= 15 is 0 Å². The Bertz CT molecular complexity index is 839. The van der Waals surface area contributed by atoms with Gasteiger partial charge in [-0.05, 0) is 18.3 Å². The lowest BCUT2D eigenvalue weighted by atomic mass is 9.96. The summed E-state index contributed by atoms with van der Waals surface area (Å²) < 4.78 is 2.58. The van der Waals surface area contributed by atoms with Crippen LogP contribution < -0.4 is 16.6 Å². The van der Waals surface area contributed by atoms with E-state index < -0.39 is 11.5 Å². The zero-order chi connectivity index (χ0) is 16.9. The summed E-state index contributed by atoms with van der Waals surface area (Å²) in [5.41, 5.74) is 4.91. The second-order valence-electron chi connectivity index (χ2n) is 7.24. The molecule has 1 amide bonds. The highest BCUT2D eigenvalue weighted by molar-refractivity contribution is 5.96. The molecule has 3 rings (SSSR count). The van der Waals surface area contributed by atoms with Gasteiger partial charge in [0.2, 0.25) is 5.88 Å². The predicted molar refractivity (Wildman–Crippen MR) is 85.5 cm³/mol. The number of nitrogens with zero attached hydrogens (tertiary/aromatic N) is 3. The van der Waals surface area contributed by atoms with Gasteiger partial charge < -0.3 is 16.2 Å². The highest BCUT2D eigenvalue weighted by Gasteiger charge is 2.30. The molecule has 1 aliphatic rings. The number of nitrogen functional groups attached to an aromatic ring is 1. The van der Waals surface area contributed by atoms with Crippen molar-refractivity contribution in [1.82, 2.24) is 19.5 Å². The van der Waals surface area contributed by atoms with Gasteiger partial charge in [-0.25, -0.2) is 0 Å². The molecule has 8 nitrogen and oxygen atoms in total. The minimum Gasteiger partial charge on any atom is -0.494 e. The van der Waals surface area contributed by atoms with Crippen LogP contribution in [0.15, 0.2) is 10.9 Å². The fourth-order valence-electron chi connectivity index (χ4n) is 2.49. The van der Waals surface area contributed by atoms with Gasteiger partial charge in [0.25, 0.3) is 11.5 Å². The number of amides is 1. The van der Waals surface area contributed by atoms with E-state index in [2.05, 4.69) is 10.4 Å². The lowest BCUT2D eigenvalue weighted by Gasteiger charge is -2.23. The number of aromatic nitrogens is 3. The largest absolute Gasteiger partial charge is 0.494 e. The summed E-state index contributed by atoms with van der Waals surface area (Å²) in [6, 6.07) is 1.59. The average molecular weight is 319 g/mol. The zero-order valence-corrected chi connectivity index (χ0v) is 13.5. The third-order valence-corrected chi connectivity index (χ3v) is 3.64. The first kappa shape index (κ1) is 15.4. The number of rotatable bonds is 3. The first-order chi connectivity index (χ1) is 10.7. The number of hydrogen-bond donors (Lipinski definition) is 3. The fraction of sp³-hybridized carbons (Fsp3) is 0.533. The molecule has 1 fully saturated rings. The summed E-state index contributed by atoms with van der Waals surface area (Å²) in [6.07, 6.45) is 1.78. The van der Waals surface area contributed by atoms with Crippen molar-refractivity contribution in [3.63, 3.8) is 0 Å². The molecule has 23 heavy (non-hydrogen) atoms. The van der Waals surface area contributed by atoms with E-state index in [1.54, 1.807) is 0 Å². The van der Waals surface area contributed by atoms with Gasteiger partial charge in [-0.1, -0.05) is 20.8 Å². The molecule has 0 aromatic carbocycles. The van der Waals surface area contributed by atoms with Crippen molar-refractivity contribution >= 4 is 17.4 Å². The van der Waals surface area contributed by atoms with E-state index in [0.717, 1.165) is 17.4 Å². The molecular formula is C15H21N5O3. The van der Waals surface area contributed by atoms with Crippen LogP contribution in [0.25, 0.3) is 5.65 Å². The summed E-state index contributed by atoms with van der Waals surface area (Å²) >= 11 is 0. The van der Waals surface area contributed by atoms with Gasteiger partial charge in [-0.15, -0.1) is 5.10 Å². The molecule has 0 saturated heterocycles. The molecule has 0 atom stereocenters. The maximum atomic E-state index is 12.5. The van der Waals surface area contributed by atoms with E-state index in [1.807, 2.05) is 20.8 Å². The van der Waals surface area contributed by atoms with Crippen LogP contribution in [0.4, 0.5) is 5.82 Å². The summed E-state index contributed by atoms with van der Waals surface area (Å²) in [5.74, 6) is -0.770. The van der Waals surface area contributed by atoms with Gasteiger partial charge in [-0.3, -0.25) is 14.2 Å². The van der Waals surface area contributed by atoms with Crippen molar-refractivity contribution < 1.29 is 9.90 Å².